The van der Waals surface area contributed by atoms with Gasteiger partial charge in [0.2, 0.25) is 0 Å². The molecule has 0 spiro atoms. The number of rotatable bonds is 6. The van der Waals surface area contributed by atoms with Crippen molar-refractivity contribution >= 4 is 11.5 Å². The monoisotopic (exact) mass is 253 g/mol. The fourth-order valence-electron chi connectivity index (χ4n) is 1.65. The molecule has 0 bridgehead atoms. The summed E-state index contributed by atoms with van der Waals surface area (Å²) in [5.41, 5.74) is 7.05. The van der Waals surface area contributed by atoms with Crippen molar-refractivity contribution in [2.45, 2.75) is 6.42 Å². The molecular formula is C12H19N3O3. The van der Waals surface area contributed by atoms with E-state index in [9.17, 15) is 0 Å². The van der Waals surface area contributed by atoms with Gasteiger partial charge in [-0.25, -0.2) is 0 Å². The molecule has 6 nitrogen and oxygen atoms in total. The van der Waals surface area contributed by atoms with E-state index in [-0.39, 0.29) is 12.4 Å². The van der Waals surface area contributed by atoms with Crippen LogP contribution in [-0.2, 0) is 0 Å². The molecular weight excluding hydrogens is 234 g/mol. The van der Waals surface area contributed by atoms with Crippen LogP contribution in [0.1, 0.15) is 12.0 Å². The first-order valence-electron chi connectivity index (χ1n) is 5.62. The smallest absolute Gasteiger partial charge is 0.172 e. The number of methoxy groups -OCH3 is 1. The lowest BCUT2D eigenvalue weighted by atomic mass is 10.1. The van der Waals surface area contributed by atoms with Crippen LogP contribution in [0, 0.1) is 0 Å². The fraction of sp³-hybridized carbons (Fsp3) is 0.417. The lowest BCUT2D eigenvalue weighted by molar-refractivity contribution is 0.290. The molecule has 18 heavy (non-hydrogen) atoms. The molecule has 0 amide bonds. The summed E-state index contributed by atoms with van der Waals surface area (Å²) < 4.78 is 5.16. The van der Waals surface area contributed by atoms with Crippen LogP contribution in [0.4, 0.5) is 5.69 Å². The number of hydrogen-bond donors (Lipinski definition) is 3. The predicted molar refractivity (Wildman–Crippen MR) is 70.5 cm³/mol. The van der Waals surface area contributed by atoms with Crippen molar-refractivity contribution in [2.24, 2.45) is 10.9 Å². The van der Waals surface area contributed by atoms with E-state index < -0.39 is 0 Å². The molecule has 100 valence electrons. The fourth-order valence-corrected chi connectivity index (χ4v) is 1.65. The average molecular weight is 253 g/mol. The van der Waals surface area contributed by atoms with Gasteiger partial charge >= 0.3 is 0 Å². The van der Waals surface area contributed by atoms with Crippen molar-refractivity contribution in [1.82, 2.24) is 0 Å². The normalized spacial score (nSPS) is 11.4. The number of nitrogens with zero attached hydrogens (tertiary/aromatic N) is 2. The Morgan fingerprint density at radius 2 is 2.22 bits per heavy atom. The highest BCUT2D eigenvalue weighted by atomic mass is 16.5. The van der Waals surface area contributed by atoms with Crippen molar-refractivity contribution in [3.05, 3.63) is 23.8 Å². The van der Waals surface area contributed by atoms with Crippen molar-refractivity contribution < 1.29 is 15.1 Å². The SMILES string of the molecule is COc1ccc(/C(N)=N/O)c(N(C)CCCO)c1. The Hall–Kier alpha value is -1.95. The van der Waals surface area contributed by atoms with Gasteiger partial charge in [0.25, 0.3) is 0 Å². The van der Waals surface area contributed by atoms with E-state index in [0.29, 0.717) is 24.3 Å². The summed E-state index contributed by atoms with van der Waals surface area (Å²) in [6.45, 7) is 0.780. The highest BCUT2D eigenvalue weighted by Crippen LogP contribution is 2.25. The quantitative estimate of drug-likeness (QED) is 0.299. The Kier molecular flexibility index (Phi) is 5.26. The van der Waals surface area contributed by atoms with Crippen LogP contribution in [0.25, 0.3) is 0 Å². The zero-order valence-electron chi connectivity index (χ0n) is 10.6. The first kappa shape index (κ1) is 14.1. The topological polar surface area (TPSA) is 91.3 Å². The van der Waals surface area contributed by atoms with Gasteiger partial charge in [0.15, 0.2) is 5.84 Å². The van der Waals surface area contributed by atoms with E-state index in [4.69, 9.17) is 20.8 Å². The molecule has 0 atom stereocenters. The number of aliphatic hydroxyl groups excluding tert-OH is 1. The molecule has 0 fully saturated rings. The minimum atomic E-state index is 0.0449. The van der Waals surface area contributed by atoms with Crippen LogP contribution in [0.2, 0.25) is 0 Å². The Morgan fingerprint density at radius 3 is 2.78 bits per heavy atom. The number of anilines is 1. The number of oxime groups is 1. The molecule has 0 heterocycles. The number of aliphatic hydroxyl groups is 1. The molecule has 1 aromatic carbocycles. The molecule has 0 aromatic heterocycles. The minimum Gasteiger partial charge on any atom is -0.497 e. The summed E-state index contributed by atoms with van der Waals surface area (Å²) >= 11 is 0. The van der Waals surface area contributed by atoms with Crippen LogP contribution in [0.3, 0.4) is 0 Å². The van der Waals surface area contributed by atoms with Crippen LogP contribution in [0.5, 0.6) is 5.75 Å². The summed E-state index contributed by atoms with van der Waals surface area (Å²) in [5, 5.41) is 20.6. The third-order valence-electron chi connectivity index (χ3n) is 2.65. The van der Waals surface area contributed by atoms with Crippen molar-refractivity contribution in [3.63, 3.8) is 0 Å². The molecule has 0 saturated heterocycles. The zero-order chi connectivity index (χ0) is 13.5. The van der Waals surface area contributed by atoms with Gasteiger partial charge in [-0.2, -0.15) is 0 Å². The Morgan fingerprint density at radius 1 is 1.50 bits per heavy atom. The van der Waals surface area contributed by atoms with E-state index >= 15 is 0 Å². The summed E-state index contributed by atoms with van der Waals surface area (Å²) in [7, 11) is 3.45. The van der Waals surface area contributed by atoms with Gasteiger partial charge in [-0.05, 0) is 18.6 Å². The number of benzene rings is 1. The van der Waals surface area contributed by atoms with E-state index in [1.54, 1.807) is 19.2 Å². The molecule has 0 saturated carbocycles. The second-order valence-corrected chi connectivity index (χ2v) is 3.87. The second kappa shape index (κ2) is 6.70. The summed E-state index contributed by atoms with van der Waals surface area (Å²) in [5.74, 6) is 0.735. The van der Waals surface area contributed by atoms with Gasteiger partial charge in [0.1, 0.15) is 5.75 Å². The molecule has 0 aliphatic heterocycles. The van der Waals surface area contributed by atoms with Gasteiger partial charge in [-0.1, -0.05) is 5.16 Å². The zero-order valence-corrected chi connectivity index (χ0v) is 10.6. The van der Waals surface area contributed by atoms with Crippen molar-refractivity contribution in [1.29, 1.82) is 0 Å². The summed E-state index contributed by atoms with van der Waals surface area (Å²) in [6.07, 6.45) is 0.642. The van der Waals surface area contributed by atoms with E-state index in [1.165, 1.54) is 0 Å². The number of ether oxygens (including phenoxy) is 1. The van der Waals surface area contributed by atoms with Gasteiger partial charge in [-0.15, -0.1) is 0 Å². The highest BCUT2D eigenvalue weighted by molar-refractivity contribution is 6.02. The Bertz CT molecular complexity index is 421. The van der Waals surface area contributed by atoms with Crippen molar-refractivity contribution in [3.8, 4) is 5.75 Å². The van der Waals surface area contributed by atoms with E-state index in [0.717, 1.165) is 5.69 Å². The van der Waals surface area contributed by atoms with Gasteiger partial charge in [0, 0.05) is 31.8 Å². The van der Waals surface area contributed by atoms with Gasteiger partial charge in [0.05, 0.1) is 12.8 Å². The standard InChI is InChI=1S/C12H19N3O3/c1-15(6-3-7-16)11-8-9(18-2)4-5-10(11)12(13)14-17/h4-5,8,16-17H,3,6-7H2,1-2H3,(H2,13,14). The van der Waals surface area contributed by atoms with Crippen LogP contribution >= 0.6 is 0 Å². The second-order valence-electron chi connectivity index (χ2n) is 3.87. The highest BCUT2D eigenvalue weighted by Gasteiger charge is 2.12. The molecule has 1 rings (SSSR count). The summed E-state index contributed by atoms with van der Waals surface area (Å²) in [6, 6.07) is 5.29. The molecule has 1 aromatic rings. The Labute approximate surface area is 106 Å². The predicted octanol–water partition coefficient (Wildman–Crippen LogP) is 0.608. The number of hydrogen-bond acceptors (Lipinski definition) is 5. The van der Waals surface area contributed by atoms with Gasteiger partial charge < -0.3 is 25.7 Å². The van der Waals surface area contributed by atoms with Crippen LogP contribution in [-0.4, -0.2) is 43.5 Å². The van der Waals surface area contributed by atoms with E-state index in [1.807, 2.05) is 18.0 Å². The maximum Gasteiger partial charge on any atom is 0.172 e. The molecule has 0 radical (unpaired) electrons. The maximum absolute atomic E-state index is 8.85. The lowest BCUT2D eigenvalue weighted by Crippen LogP contribution is -2.24. The van der Waals surface area contributed by atoms with Crippen LogP contribution < -0.4 is 15.4 Å². The minimum absolute atomic E-state index is 0.0449. The molecule has 0 unspecified atom stereocenters. The number of nitrogens with two attached hydrogens (primary N) is 1. The molecule has 0 aliphatic carbocycles. The first-order chi connectivity index (χ1) is 8.63. The average Bonchev–Trinajstić information content (AvgIpc) is 2.43. The molecule has 0 aliphatic rings. The lowest BCUT2D eigenvalue weighted by Gasteiger charge is -2.22. The molecule has 6 heteroatoms. The third-order valence-corrected chi connectivity index (χ3v) is 2.65. The molecule has 4 N–H and O–H groups in total. The third kappa shape index (κ3) is 3.27. The Balaban J connectivity index is 3.11. The first-order valence-corrected chi connectivity index (χ1v) is 5.62. The van der Waals surface area contributed by atoms with E-state index in [2.05, 4.69) is 5.16 Å². The maximum atomic E-state index is 8.85. The summed E-state index contributed by atoms with van der Waals surface area (Å²) in [4.78, 5) is 1.92. The number of amidine groups is 1. The van der Waals surface area contributed by atoms with Gasteiger partial charge in [-0.3, -0.25) is 0 Å². The van der Waals surface area contributed by atoms with Crippen molar-refractivity contribution in [2.75, 3.05) is 32.2 Å². The van der Waals surface area contributed by atoms with Crippen LogP contribution in [0.15, 0.2) is 23.4 Å². The largest absolute Gasteiger partial charge is 0.497 e.